The predicted octanol–water partition coefficient (Wildman–Crippen LogP) is 7.63. The molecule has 0 aliphatic carbocycles. The summed E-state index contributed by atoms with van der Waals surface area (Å²) in [5.74, 6) is 0.261. The lowest BCUT2D eigenvalue weighted by atomic mass is 10.0. The second-order valence-electron chi connectivity index (χ2n) is 9.38. The number of para-hydroxylation sites is 2. The van der Waals surface area contributed by atoms with E-state index in [2.05, 4.69) is 0 Å². The minimum Gasteiger partial charge on any atom is -0.508 e. The Labute approximate surface area is 244 Å². The van der Waals surface area contributed by atoms with Gasteiger partial charge < -0.3 is 24.4 Å². The van der Waals surface area contributed by atoms with E-state index in [0.717, 1.165) is 16.7 Å². The van der Waals surface area contributed by atoms with Crippen molar-refractivity contribution in [3.63, 3.8) is 0 Å². The Morgan fingerprint density at radius 3 is 1.93 bits per heavy atom. The van der Waals surface area contributed by atoms with Gasteiger partial charge in [0, 0.05) is 12.0 Å². The molecule has 0 radical (unpaired) electrons. The molecule has 216 valence electrons. The van der Waals surface area contributed by atoms with Crippen LogP contribution in [-0.4, -0.2) is 24.4 Å². The fourth-order valence-electron chi connectivity index (χ4n) is 4.31. The first kappa shape index (κ1) is 30.1. The van der Waals surface area contributed by atoms with E-state index in [0.29, 0.717) is 29.9 Å². The van der Waals surface area contributed by atoms with Gasteiger partial charge in [-0.25, -0.2) is 8.78 Å². The minimum atomic E-state index is -0.993. The smallest absolute Gasteiger partial charge is 0.165 e. The molecule has 0 aromatic heterocycles. The number of halogens is 2. The first-order chi connectivity index (χ1) is 20.4. The van der Waals surface area contributed by atoms with Crippen LogP contribution in [0.4, 0.5) is 8.78 Å². The number of aliphatic hydroxyl groups is 1. The standard InChI is InChI=1S/C21H19FO3.C14H13FO2/c1-24-20-12-11-16(13-18(20)22)21(23)17-9-5-6-10-19(17)25-14-15-7-3-2-4-8-15;1-17-14-7-6-10(9-12(14)15)8-11-4-2-3-5-13(11)16/h2-13,21,23H,14H2,1H3;2-7,9,16H,8H2,1H3. The second-order valence-corrected chi connectivity index (χ2v) is 9.38. The Morgan fingerprint density at radius 1 is 0.643 bits per heavy atom. The summed E-state index contributed by atoms with van der Waals surface area (Å²) >= 11 is 0. The van der Waals surface area contributed by atoms with Crippen molar-refractivity contribution in [2.45, 2.75) is 19.1 Å². The molecular weight excluding hydrogens is 538 g/mol. The number of benzene rings is 5. The van der Waals surface area contributed by atoms with E-state index >= 15 is 0 Å². The number of aliphatic hydroxyl groups excluding tert-OH is 1. The highest BCUT2D eigenvalue weighted by molar-refractivity contribution is 5.42. The third-order valence-corrected chi connectivity index (χ3v) is 6.54. The van der Waals surface area contributed by atoms with Gasteiger partial charge in [-0.15, -0.1) is 0 Å². The lowest BCUT2D eigenvalue weighted by molar-refractivity contribution is 0.208. The number of hydrogen-bond acceptors (Lipinski definition) is 5. The monoisotopic (exact) mass is 570 g/mol. The molecule has 0 fully saturated rings. The van der Waals surface area contributed by atoms with E-state index in [-0.39, 0.29) is 23.1 Å². The van der Waals surface area contributed by atoms with Crippen LogP contribution in [0.5, 0.6) is 23.0 Å². The minimum absolute atomic E-state index is 0.143. The molecular formula is C35H32F2O5. The maximum absolute atomic E-state index is 13.9. The first-order valence-corrected chi connectivity index (χ1v) is 13.3. The van der Waals surface area contributed by atoms with Crippen molar-refractivity contribution in [2.75, 3.05) is 14.2 Å². The summed E-state index contributed by atoms with van der Waals surface area (Å²) in [5, 5.41) is 20.3. The molecule has 0 bridgehead atoms. The van der Waals surface area contributed by atoms with Crippen molar-refractivity contribution in [1.29, 1.82) is 0 Å². The normalized spacial score (nSPS) is 11.2. The molecule has 0 heterocycles. The summed E-state index contributed by atoms with van der Waals surface area (Å²) in [4.78, 5) is 0. The zero-order valence-corrected chi connectivity index (χ0v) is 23.3. The number of hydrogen-bond donors (Lipinski definition) is 2. The lowest BCUT2D eigenvalue weighted by Gasteiger charge is -2.17. The molecule has 0 aliphatic heterocycles. The van der Waals surface area contributed by atoms with E-state index in [1.807, 2.05) is 54.6 Å². The fourth-order valence-corrected chi connectivity index (χ4v) is 4.31. The van der Waals surface area contributed by atoms with E-state index in [1.54, 1.807) is 42.5 Å². The zero-order chi connectivity index (χ0) is 29.9. The number of ether oxygens (including phenoxy) is 3. The van der Waals surface area contributed by atoms with Crippen molar-refractivity contribution in [1.82, 2.24) is 0 Å². The third kappa shape index (κ3) is 7.86. The van der Waals surface area contributed by atoms with Crippen LogP contribution in [0.15, 0.2) is 115 Å². The molecule has 0 aliphatic rings. The molecule has 7 heteroatoms. The van der Waals surface area contributed by atoms with Crippen molar-refractivity contribution < 1.29 is 33.2 Å². The Morgan fingerprint density at radius 2 is 1.26 bits per heavy atom. The average molecular weight is 571 g/mol. The van der Waals surface area contributed by atoms with Gasteiger partial charge >= 0.3 is 0 Å². The highest BCUT2D eigenvalue weighted by Crippen LogP contribution is 2.32. The van der Waals surface area contributed by atoms with Crippen LogP contribution in [0.25, 0.3) is 0 Å². The Kier molecular flexibility index (Phi) is 10.5. The molecule has 0 saturated heterocycles. The predicted molar refractivity (Wildman–Crippen MR) is 158 cm³/mol. The molecule has 5 aromatic carbocycles. The van der Waals surface area contributed by atoms with Gasteiger partial charge in [-0.05, 0) is 58.7 Å². The third-order valence-electron chi connectivity index (χ3n) is 6.54. The molecule has 0 amide bonds. The highest BCUT2D eigenvalue weighted by Gasteiger charge is 2.17. The number of phenolic OH excluding ortho intramolecular Hbond substituents is 1. The van der Waals surface area contributed by atoms with Gasteiger partial charge in [-0.2, -0.15) is 0 Å². The first-order valence-electron chi connectivity index (χ1n) is 13.3. The van der Waals surface area contributed by atoms with Gasteiger partial charge in [0.25, 0.3) is 0 Å². The maximum atomic E-state index is 13.9. The van der Waals surface area contributed by atoms with Gasteiger partial charge in [0.2, 0.25) is 0 Å². The molecule has 5 nitrogen and oxygen atoms in total. The molecule has 5 rings (SSSR count). The maximum Gasteiger partial charge on any atom is 0.165 e. The molecule has 2 N–H and O–H groups in total. The lowest BCUT2D eigenvalue weighted by Crippen LogP contribution is -2.05. The largest absolute Gasteiger partial charge is 0.508 e. The van der Waals surface area contributed by atoms with E-state index < -0.39 is 11.9 Å². The van der Waals surface area contributed by atoms with Gasteiger partial charge in [-0.3, -0.25) is 0 Å². The van der Waals surface area contributed by atoms with Gasteiger partial charge in [0.15, 0.2) is 23.1 Å². The molecule has 0 spiro atoms. The van der Waals surface area contributed by atoms with Gasteiger partial charge in [0.1, 0.15) is 24.2 Å². The Balaban J connectivity index is 0.000000208. The quantitative estimate of drug-likeness (QED) is 0.191. The number of aromatic hydroxyl groups is 1. The van der Waals surface area contributed by atoms with Crippen LogP contribution in [-0.2, 0) is 13.0 Å². The molecule has 42 heavy (non-hydrogen) atoms. The summed E-state index contributed by atoms with van der Waals surface area (Å²) in [6.07, 6.45) is -0.500. The zero-order valence-electron chi connectivity index (χ0n) is 23.3. The van der Waals surface area contributed by atoms with Crippen LogP contribution in [0.2, 0.25) is 0 Å². The van der Waals surface area contributed by atoms with Gasteiger partial charge in [-0.1, -0.05) is 78.9 Å². The van der Waals surface area contributed by atoms with Crippen LogP contribution in [0.1, 0.15) is 33.9 Å². The van der Waals surface area contributed by atoms with Crippen molar-refractivity contribution in [3.05, 3.63) is 155 Å². The number of methoxy groups -OCH3 is 2. The molecule has 1 unspecified atom stereocenters. The Bertz CT molecular complexity index is 1590. The summed E-state index contributed by atoms with van der Waals surface area (Å²) in [6.45, 7) is 0.390. The number of phenols is 1. The molecule has 1 atom stereocenters. The van der Waals surface area contributed by atoms with Crippen LogP contribution in [0.3, 0.4) is 0 Å². The van der Waals surface area contributed by atoms with Crippen LogP contribution < -0.4 is 14.2 Å². The fraction of sp³-hybridized carbons (Fsp3) is 0.143. The number of rotatable bonds is 9. The van der Waals surface area contributed by atoms with Crippen LogP contribution in [0, 0.1) is 11.6 Å². The molecule has 5 aromatic rings. The summed E-state index contributed by atoms with van der Waals surface area (Å²) in [5.41, 5.74) is 3.63. The second kappa shape index (κ2) is 14.7. The van der Waals surface area contributed by atoms with E-state index in [1.165, 1.54) is 32.4 Å². The van der Waals surface area contributed by atoms with E-state index in [4.69, 9.17) is 14.2 Å². The summed E-state index contributed by atoms with van der Waals surface area (Å²) in [7, 11) is 2.84. The average Bonchev–Trinajstić information content (AvgIpc) is 3.02. The van der Waals surface area contributed by atoms with Crippen LogP contribution >= 0.6 is 0 Å². The van der Waals surface area contributed by atoms with Crippen molar-refractivity contribution >= 4 is 0 Å². The van der Waals surface area contributed by atoms with Gasteiger partial charge in [0.05, 0.1) is 14.2 Å². The Hall–Kier alpha value is -4.88. The van der Waals surface area contributed by atoms with E-state index in [9.17, 15) is 19.0 Å². The molecule has 0 saturated carbocycles. The highest BCUT2D eigenvalue weighted by atomic mass is 19.1. The van der Waals surface area contributed by atoms with Crippen molar-refractivity contribution in [2.24, 2.45) is 0 Å². The topological polar surface area (TPSA) is 68.2 Å². The van der Waals surface area contributed by atoms with Crippen molar-refractivity contribution in [3.8, 4) is 23.0 Å². The SMILES string of the molecule is COc1ccc(C(O)c2ccccc2OCc2ccccc2)cc1F.COc1ccc(Cc2ccccc2O)cc1F. The summed E-state index contributed by atoms with van der Waals surface area (Å²) < 4.78 is 43.0. The summed E-state index contributed by atoms with van der Waals surface area (Å²) in [6, 6.07) is 33.2.